The molecule has 0 radical (unpaired) electrons. The van der Waals surface area contributed by atoms with Gasteiger partial charge in [-0.2, -0.15) is 0 Å². The second kappa shape index (κ2) is 8.93. The molecule has 0 aliphatic rings. The molecule has 1 heterocycles. The number of carbonyl (C=O) groups is 1. The van der Waals surface area contributed by atoms with Gasteiger partial charge in [0, 0.05) is 40.4 Å². The van der Waals surface area contributed by atoms with Crippen molar-refractivity contribution < 1.29 is 9.53 Å². The van der Waals surface area contributed by atoms with Crippen molar-refractivity contribution in [2.75, 3.05) is 25.5 Å². The van der Waals surface area contributed by atoms with Crippen LogP contribution in [0.2, 0.25) is 10.0 Å². The molecule has 7 heteroatoms. The average Bonchev–Trinajstić information content (AvgIpc) is 2.67. The maximum absolute atomic E-state index is 12.3. The first-order valence-corrected chi connectivity index (χ1v) is 9.24. The van der Waals surface area contributed by atoms with Crippen molar-refractivity contribution in [1.82, 2.24) is 10.3 Å². The summed E-state index contributed by atoms with van der Waals surface area (Å²) < 4.78 is 5.21. The number of rotatable bonds is 7. The summed E-state index contributed by atoms with van der Waals surface area (Å²) in [4.78, 5) is 16.6. The lowest BCUT2D eigenvalue weighted by Crippen LogP contribution is -2.26. The van der Waals surface area contributed by atoms with Gasteiger partial charge < -0.3 is 15.4 Å². The Morgan fingerprint density at radius 2 is 1.85 bits per heavy atom. The highest BCUT2D eigenvalue weighted by Gasteiger charge is 2.12. The molecule has 1 amide bonds. The molecule has 0 saturated heterocycles. The van der Waals surface area contributed by atoms with Gasteiger partial charge in [-0.1, -0.05) is 23.2 Å². The fourth-order valence-corrected chi connectivity index (χ4v) is 3.08. The third kappa shape index (κ3) is 4.81. The van der Waals surface area contributed by atoms with E-state index in [1.54, 1.807) is 24.4 Å². The Kier molecular flexibility index (Phi) is 6.37. The molecule has 0 bridgehead atoms. The number of halogens is 2. The minimum absolute atomic E-state index is 0.210. The van der Waals surface area contributed by atoms with Crippen LogP contribution in [-0.4, -0.2) is 31.1 Å². The van der Waals surface area contributed by atoms with Crippen molar-refractivity contribution in [2.24, 2.45) is 0 Å². The summed E-state index contributed by atoms with van der Waals surface area (Å²) in [6, 6.07) is 12.5. The first-order chi connectivity index (χ1) is 13.1. The number of nitrogens with zero attached hydrogens (tertiary/aromatic N) is 1. The topological polar surface area (TPSA) is 63.2 Å². The molecule has 0 aliphatic heterocycles. The van der Waals surface area contributed by atoms with Crippen molar-refractivity contribution in [2.45, 2.75) is 6.42 Å². The minimum atomic E-state index is -0.210. The Bertz CT molecular complexity index is 963. The van der Waals surface area contributed by atoms with E-state index >= 15 is 0 Å². The molecule has 0 aliphatic carbocycles. The fourth-order valence-electron chi connectivity index (χ4n) is 2.74. The summed E-state index contributed by atoms with van der Waals surface area (Å²) in [7, 11) is 1.52. The van der Waals surface area contributed by atoms with Crippen LogP contribution in [0.25, 0.3) is 10.9 Å². The molecule has 2 aromatic carbocycles. The molecule has 1 aromatic heterocycles. The smallest absolute Gasteiger partial charge is 0.255 e. The van der Waals surface area contributed by atoms with E-state index in [0.717, 1.165) is 23.0 Å². The van der Waals surface area contributed by atoms with Crippen LogP contribution >= 0.6 is 23.2 Å². The first-order valence-electron chi connectivity index (χ1n) is 8.48. The van der Waals surface area contributed by atoms with E-state index in [4.69, 9.17) is 27.9 Å². The van der Waals surface area contributed by atoms with E-state index in [1.807, 2.05) is 24.3 Å². The Labute approximate surface area is 167 Å². The van der Waals surface area contributed by atoms with Gasteiger partial charge in [-0.05, 0) is 48.9 Å². The number of ether oxygens (including phenoxy) is 1. The Balaban J connectivity index is 1.53. The van der Waals surface area contributed by atoms with Crippen molar-refractivity contribution in [3.63, 3.8) is 0 Å². The summed E-state index contributed by atoms with van der Waals surface area (Å²) in [5, 5.41) is 8.42. The number of hydrogen-bond donors (Lipinski definition) is 2. The van der Waals surface area contributed by atoms with Crippen molar-refractivity contribution in [3.05, 3.63) is 64.3 Å². The molecule has 140 valence electrons. The molecule has 0 saturated carbocycles. The van der Waals surface area contributed by atoms with Gasteiger partial charge in [0.15, 0.2) is 0 Å². The summed E-state index contributed by atoms with van der Waals surface area (Å²) >= 11 is 12.0. The Morgan fingerprint density at radius 1 is 1.07 bits per heavy atom. The molecule has 3 rings (SSSR count). The zero-order chi connectivity index (χ0) is 19.2. The van der Waals surface area contributed by atoms with Crippen molar-refractivity contribution in [1.29, 1.82) is 0 Å². The number of hydrogen-bond acceptors (Lipinski definition) is 4. The predicted molar refractivity (Wildman–Crippen MR) is 110 cm³/mol. The summed E-state index contributed by atoms with van der Waals surface area (Å²) in [6.07, 6.45) is 2.50. The van der Waals surface area contributed by atoms with Crippen molar-refractivity contribution in [3.8, 4) is 5.75 Å². The van der Waals surface area contributed by atoms with Gasteiger partial charge in [-0.3, -0.25) is 9.78 Å². The number of carbonyl (C=O) groups excluding carboxylic acids is 1. The van der Waals surface area contributed by atoms with Crippen LogP contribution in [-0.2, 0) is 0 Å². The number of methoxy groups -OCH3 is 1. The molecule has 5 nitrogen and oxygen atoms in total. The van der Waals surface area contributed by atoms with Crippen LogP contribution < -0.4 is 15.4 Å². The van der Waals surface area contributed by atoms with Crippen LogP contribution in [0, 0.1) is 0 Å². The molecule has 0 atom stereocenters. The average molecular weight is 404 g/mol. The molecule has 0 spiro atoms. The van der Waals surface area contributed by atoms with Gasteiger partial charge in [-0.15, -0.1) is 0 Å². The number of nitrogens with one attached hydrogen (secondary N) is 2. The van der Waals surface area contributed by atoms with Crippen LogP contribution in [0.3, 0.4) is 0 Å². The Hall–Kier alpha value is -2.50. The third-order valence-electron chi connectivity index (χ3n) is 4.07. The zero-order valence-corrected chi connectivity index (χ0v) is 16.3. The fraction of sp³-hybridized carbons (Fsp3) is 0.200. The largest absolute Gasteiger partial charge is 0.496 e. The zero-order valence-electron chi connectivity index (χ0n) is 14.8. The van der Waals surface area contributed by atoms with E-state index in [-0.39, 0.29) is 5.91 Å². The van der Waals surface area contributed by atoms with Gasteiger partial charge in [0.2, 0.25) is 0 Å². The van der Waals surface area contributed by atoms with Gasteiger partial charge in [0.25, 0.3) is 5.91 Å². The molecule has 27 heavy (non-hydrogen) atoms. The maximum Gasteiger partial charge on any atom is 0.255 e. The van der Waals surface area contributed by atoms with Crippen LogP contribution in [0.5, 0.6) is 5.75 Å². The lowest BCUT2D eigenvalue weighted by atomic mass is 10.2. The molecule has 3 aromatic rings. The van der Waals surface area contributed by atoms with Crippen LogP contribution in [0.4, 0.5) is 5.69 Å². The lowest BCUT2D eigenvalue weighted by molar-refractivity contribution is 0.0950. The second-order valence-corrected chi connectivity index (χ2v) is 6.77. The number of aromatic nitrogens is 1. The van der Waals surface area contributed by atoms with E-state index in [1.165, 1.54) is 7.11 Å². The SMILES string of the molecule is COc1ccc(Cl)cc1C(=O)NCCCNc1ccnc2cc(Cl)ccc12. The molecule has 2 N–H and O–H groups in total. The first kappa shape index (κ1) is 19.3. The summed E-state index contributed by atoms with van der Waals surface area (Å²) in [5.41, 5.74) is 2.25. The van der Waals surface area contributed by atoms with Crippen LogP contribution in [0.1, 0.15) is 16.8 Å². The predicted octanol–water partition coefficient (Wildman–Crippen LogP) is 4.78. The maximum atomic E-state index is 12.3. The monoisotopic (exact) mass is 403 g/mol. The Morgan fingerprint density at radius 3 is 2.67 bits per heavy atom. The lowest BCUT2D eigenvalue weighted by Gasteiger charge is -2.11. The highest BCUT2D eigenvalue weighted by Crippen LogP contribution is 2.24. The third-order valence-corrected chi connectivity index (χ3v) is 4.54. The molecule has 0 unspecified atom stereocenters. The van der Waals surface area contributed by atoms with Crippen LogP contribution in [0.15, 0.2) is 48.7 Å². The highest BCUT2D eigenvalue weighted by atomic mass is 35.5. The van der Waals surface area contributed by atoms with E-state index in [0.29, 0.717) is 34.4 Å². The van der Waals surface area contributed by atoms with Gasteiger partial charge in [0.1, 0.15) is 5.75 Å². The van der Waals surface area contributed by atoms with E-state index in [2.05, 4.69) is 15.6 Å². The quantitative estimate of drug-likeness (QED) is 0.557. The molecular formula is C20H19Cl2N3O2. The summed E-state index contributed by atoms with van der Waals surface area (Å²) in [5.74, 6) is 0.287. The minimum Gasteiger partial charge on any atom is -0.496 e. The van der Waals surface area contributed by atoms with E-state index in [9.17, 15) is 4.79 Å². The summed E-state index contributed by atoms with van der Waals surface area (Å²) in [6.45, 7) is 1.23. The van der Waals surface area contributed by atoms with Gasteiger partial charge in [-0.25, -0.2) is 0 Å². The van der Waals surface area contributed by atoms with Gasteiger partial charge >= 0.3 is 0 Å². The second-order valence-electron chi connectivity index (χ2n) is 5.90. The number of anilines is 1. The van der Waals surface area contributed by atoms with E-state index < -0.39 is 0 Å². The van der Waals surface area contributed by atoms with Gasteiger partial charge in [0.05, 0.1) is 18.2 Å². The standard InChI is InChI=1S/C20H19Cl2N3O2/c1-27-19-6-4-13(21)11-16(19)20(26)25-9-2-8-23-17-7-10-24-18-12-14(22)3-5-15(17)18/h3-7,10-12H,2,8-9H2,1H3,(H,23,24)(H,25,26). The molecule has 0 fully saturated rings. The highest BCUT2D eigenvalue weighted by molar-refractivity contribution is 6.31. The number of amides is 1. The number of fused-ring (bicyclic) bond motifs is 1. The number of pyridine rings is 1. The normalized spacial score (nSPS) is 10.6. The molecular weight excluding hydrogens is 385 g/mol. The number of benzene rings is 2. The van der Waals surface area contributed by atoms with Crippen molar-refractivity contribution >= 4 is 45.7 Å².